The maximum Gasteiger partial charge on any atom is 0.253 e. The van der Waals surface area contributed by atoms with Crippen molar-refractivity contribution in [2.75, 3.05) is 20.2 Å². The smallest absolute Gasteiger partial charge is 0.253 e. The fourth-order valence-electron chi connectivity index (χ4n) is 1.90. The molecule has 0 heterocycles. The van der Waals surface area contributed by atoms with Crippen LogP contribution >= 0.6 is 11.6 Å². The van der Waals surface area contributed by atoms with Gasteiger partial charge in [-0.3, -0.25) is 4.79 Å². The van der Waals surface area contributed by atoms with Crippen LogP contribution in [0.4, 0.5) is 0 Å². The highest BCUT2D eigenvalue weighted by Gasteiger charge is 2.12. The number of amides is 1. The fourth-order valence-corrected chi connectivity index (χ4v) is 2.08. The van der Waals surface area contributed by atoms with E-state index in [-0.39, 0.29) is 5.91 Å². The Hall–Kier alpha value is -2.51. The maximum absolute atomic E-state index is 12.2. The van der Waals surface area contributed by atoms with Gasteiger partial charge in [0, 0.05) is 17.6 Å². The van der Waals surface area contributed by atoms with Crippen molar-refractivity contribution in [3.05, 3.63) is 64.7 Å². The summed E-state index contributed by atoms with van der Waals surface area (Å²) in [6.07, 6.45) is 0. The zero-order valence-electron chi connectivity index (χ0n) is 12.1. The summed E-state index contributed by atoms with van der Waals surface area (Å²) in [5.74, 6) is 0.520. The summed E-state index contributed by atoms with van der Waals surface area (Å²) in [6.45, 7) is 0.794. The number of nitriles is 1. The van der Waals surface area contributed by atoms with Crippen LogP contribution in [0, 0.1) is 11.3 Å². The number of benzene rings is 2. The first-order valence-corrected chi connectivity index (χ1v) is 7.12. The third-order valence-corrected chi connectivity index (χ3v) is 3.31. The highest BCUT2D eigenvalue weighted by atomic mass is 35.5. The minimum Gasteiger partial charge on any atom is -0.492 e. The predicted octanol–water partition coefficient (Wildman–Crippen LogP) is 3.36. The summed E-state index contributed by atoms with van der Waals surface area (Å²) in [5, 5.41) is 9.47. The van der Waals surface area contributed by atoms with Gasteiger partial charge in [-0.1, -0.05) is 23.7 Å². The first kappa shape index (κ1) is 15.9. The second-order valence-electron chi connectivity index (χ2n) is 4.73. The summed E-state index contributed by atoms with van der Waals surface area (Å²) in [6, 6.07) is 15.8. The molecule has 0 N–H and O–H groups in total. The lowest BCUT2D eigenvalue weighted by molar-refractivity contribution is 0.0773. The normalized spacial score (nSPS) is 9.86. The average Bonchev–Trinajstić information content (AvgIpc) is 2.54. The standard InChI is InChI=1S/C17H15ClN2O2/c1-20(8-9-22-16-7-3-6-15(18)11-16)17(21)14-5-2-4-13(10-14)12-19/h2-7,10-11H,8-9H2,1H3. The van der Waals surface area contributed by atoms with Crippen LogP contribution in [0.3, 0.4) is 0 Å². The van der Waals surface area contributed by atoms with Crippen molar-refractivity contribution in [2.45, 2.75) is 0 Å². The van der Waals surface area contributed by atoms with Crippen molar-refractivity contribution >= 4 is 17.5 Å². The van der Waals surface area contributed by atoms with Crippen LogP contribution in [-0.4, -0.2) is 31.0 Å². The predicted molar refractivity (Wildman–Crippen MR) is 85.1 cm³/mol. The molecule has 0 aromatic heterocycles. The van der Waals surface area contributed by atoms with Crippen molar-refractivity contribution < 1.29 is 9.53 Å². The molecular formula is C17H15ClN2O2. The molecule has 1 amide bonds. The first-order chi connectivity index (χ1) is 10.6. The molecule has 22 heavy (non-hydrogen) atoms. The molecule has 0 fully saturated rings. The van der Waals surface area contributed by atoms with Gasteiger partial charge in [0.1, 0.15) is 12.4 Å². The van der Waals surface area contributed by atoms with Crippen LogP contribution in [0.2, 0.25) is 5.02 Å². The van der Waals surface area contributed by atoms with E-state index >= 15 is 0 Å². The van der Waals surface area contributed by atoms with Crippen molar-refractivity contribution in [1.82, 2.24) is 4.90 Å². The van der Waals surface area contributed by atoms with E-state index in [0.717, 1.165) is 0 Å². The van der Waals surface area contributed by atoms with E-state index in [9.17, 15) is 4.79 Å². The monoisotopic (exact) mass is 314 g/mol. The van der Waals surface area contributed by atoms with E-state index < -0.39 is 0 Å². The Balaban J connectivity index is 1.90. The largest absolute Gasteiger partial charge is 0.492 e. The fraction of sp³-hybridized carbons (Fsp3) is 0.176. The zero-order chi connectivity index (χ0) is 15.9. The number of hydrogen-bond donors (Lipinski definition) is 0. The highest BCUT2D eigenvalue weighted by molar-refractivity contribution is 6.30. The molecular weight excluding hydrogens is 300 g/mol. The van der Waals surface area contributed by atoms with Gasteiger partial charge >= 0.3 is 0 Å². The van der Waals surface area contributed by atoms with Crippen LogP contribution in [0.25, 0.3) is 0 Å². The number of halogens is 1. The molecule has 112 valence electrons. The quantitative estimate of drug-likeness (QED) is 0.850. The van der Waals surface area contributed by atoms with Crippen LogP contribution in [0.1, 0.15) is 15.9 Å². The topological polar surface area (TPSA) is 53.3 Å². The number of likely N-dealkylation sites (N-methyl/N-ethyl adjacent to an activating group) is 1. The molecule has 0 radical (unpaired) electrons. The molecule has 0 aliphatic carbocycles. The highest BCUT2D eigenvalue weighted by Crippen LogP contribution is 2.17. The van der Waals surface area contributed by atoms with Gasteiger partial charge in [-0.15, -0.1) is 0 Å². The Kier molecular flexibility index (Phi) is 5.40. The minimum absolute atomic E-state index is 0.146. The van der Waals surface area contributed by atoms with E-state index in [2.05, 4.69) is 0 Å². The van der Waals surface area contributed by atoms with Crippen LogP contribution in [0.15, 0.2) is 48.5 Å². The van der Waals surface area contributed by atoms with Gasteiger partial charge in [-0.05, 0) is 36.4 Å². The van der Waals surface area contributed by atoms with E-state index in [1.54, 1.807) is 54.4 Å². The molecule has 0 bridgehead atoms. The molecule has 0 spiro atoms. The van der Waals surface area contributed by atoms with Crippen LogP contribution in [-0.2, 0) is 0 Å². The van der Waals surface area contributed by atoms with Gasteiger partial charge in [-0.2, -0.15) is 5.26 Å². The lowest BCUT2D eigenvalue weighted by atomic mass is 10.1. The zero-order valence-corrected chi connectivity index (χ0v) is 12.9. The van der Waals surface area contributed by atoms with E-state index in [1.807, 2.05) is 12.1 Å². The molecule has 0 unspecified atom stereocenters. The van der Waals surface area contributed by atoms with E-state index in [4.69, 9.17) is 21.6 Å². The maximum atomic E-state index is 12.2. The average molecular weight is 315 g/mol. The molecule has 0 atom stereocenters. The van der Waals surface area contributed by atoms with E-state index in [1.165, 1.54) is 0 Å². The Bertz CT molecular complexity index is 710. The van der Waals surface area contributed by atoms with Crippen LogP contribution in [0.5, 0.6) is 5.75 Å². The third kappa shape index (κ3) is 4.24. The molecule has 2 aromatic carbocycles. The molecule has 2 aromatic rings. The Morgan fingerprint density at radius 3 is 2.77 bits per heavy atom. The van der Waals surface area contributed by atoms with Crippen molar-refractivity contribution in [3.63, 3.8) is 0 Å². The lowest BCUT2D eigenvalue weighted by Gasteiger charge is -2.17. The molecule has 0 aliphatic rings. The second-order valence-corrected chi connectivity index (χ2v) is 5.16. The molecule has 0 saturated heterocycles. The molecule has 4 nitrogen and oxygen atoms in total. The Morgan fingerprint density at radius 1 is 1.27 bits per heavy atom. The van der Waals surface area contributed by atoms with Crippen molar-refractivity contribution in [2.24, 2.45) is 0 Å². The summed E-state index contributed by atoms with van der Waals surface area (Å²) in [4.78, 5) is 13.8. The van der Waals surface area contributed by atoms with E-state index in [0.29, 0.717) is 35.1 Å². The summed E-state index contributed by atoms with van der Waals surface area (Å²) in [7, 11) is 1.70. The number of nitrogens with zero attached hydrogens (tertiary/aromatic N) is 2. The summed E-state index contributed by atoms with van der Waals surface area (Å²) < 4.78 is 5.56. The second kappa shape index (κ2) is 7.48. The van der Waals surface area contributed by atoms with Crippen molar-refractivity contribution in [1.29, 1.82) is 5.26 Å². The minimum atomic E-state index is -0.146. The lowest BCUT2D eigenvalue weighted by Crippen LogP contribution is -2.30. The number of carbonyl (C=O) groups excluding carboxylic acids is 1. The van der Waals surface area contributed by atoms with Crippen LogP contribution < -0.4 is 4.74 Å². The molecule has 0 saturated carbocycles. The molecule has 0 aliphatic heterocycles. The van der Waals surface area contributed by atoms with Gasteiger partial charge in [0.15, 0.2) is 0 Å². The third-order valence-electron chi connectivity index (χ3n) is 3.08. The number of hydrogen-bond acceptors (Lipinski definition) is 3. The van der Waals surface area contributed by atoms with Gasteiger partial charge in [-0.25, -0.2) is 0 Å². The Labute approximate surface area is 134 Å². The SMILES string of the molecule is CN(CCOc1cccc(Cl)c1)C(=O)c1cccc(C#N)c1. The Morgan fingerprint density at radius 2 is 2.05 bits per heavy atom. The van der Waals surface area contributed by atoms with Gasteiger partial charge in [0.25, 0.3) is 5.91 Å². The van der Waals surface area contributed by atoms with Gasteiger partial charge < -0.3 is 9.64 Å². The molecule has 2 rings (SSSR count). The number of ether oxygens (including phenoxy) is 1. The number of carbonyl (C=O) groups is 1. The van der Waals surface area contributed by atoms with Crippen molar-refractivity contribution in [3.8, 4) is 11.8 Å². The van der Waals surface area contributed by atoms with Gasteiger partial charge in [0.2, 0.25) is 0 Å². The summed E-state index contributed by atoms with van der Waals surface area (Å²) >= 11 is 5.87. The van der Waals surface area contributed by atoms with Gasteiger partial charge in [0.05, 0.1) is 18.2 Å². The summed E-state index contributed by atoms with van der Waals surface area (Å²) in [5.41, 5.74) is 0.957. The first-order valence-electron chi connectivity index (χ1n) is 6.74. The molecule has 5 heteroatoms. The number of rotatable bonds is 5.